The number of amides is 1. The molecule has 0 fully saturated rings. The van der Waals surface area contributed by atoms with E-state index in [1.807, 2.05) is 11.9 Å². The minimum atomic E-state index is -0.498. The fourth-order valence-corrected chi connectivity index (χ4v) is 1.95. The first kappa shape index (κ1) is 12.1. The third kappa shape index (κ3) is 1.82. The van der Waals surface area contributed by atoms with Gasteiger partial charge in [0.25, 0.3) is 11.7 Å². The molecule has 0 spiro atoms. The van der Waals surface area contributed by atoms with Crippen LogP contribution < -0.4 is 9.80 Å². The van der Waals surface area contributed by atoms with Crippen molar-refractivity contribution in [3.63, 3.8) is 0 Å². The average molecular weight is 243 g/mol. The van der Waals surface area contributed by atoms with Gasteiger partial charge in [0.15, 0.2) is 0 Å². The summed E-state index contributed by atoms with van der Waals surface area (Å²) >= 11 is 0. The third-order valence-corrected chi connectivity index (χ3v) is 3.09. The van der Waals surface area contributed by atoms with Crippen molar-refractivity contribution in [2.45, 2.75) is 6.42 Å². The quantitative estimate of drug-likeness (QED) is 0.748. The Morgan fingerprint density at radius 2 is 2.11 bits per heavy atom. The molecule has 92 valence electrons. The van der Waals surface area contributed by atoms with Gasteiger partial charge in [-0.25, -0.2) is 0 Å². The van der Waals surface area contributed by atoms with Crippen LogP contribution in [0.25, 0.3) is 0 Å². The molecule has 5 nitrogen and oxygen atoms in total. The molecule has 1 aliphatic heterocycles. The van der Waals surface area contributed by atoms with Crippen molar-refractivity contribution >= 4 is 23.1 Å². The molecule has 0 saturated heterocycles. The molecule has 0 radical (unpaired) electrons. The van der Waals surface area contributed by atoms with Crippen molar-refractivity contribution in [1.82, 2.24) is 0 Å². The van der Waals surface area contributed by atoms with Crippen molar-refractivity contribution in [3.05, 3.63) is 23.8 Å². The lowest BCUT2D eigenvalue weighted by atomic mass is 10.1. The fourth-order valence-electron chi connectivity index (χ4n) is 1.95. The highest BCUT2D eigenvalue weighted by molar-refractivity contribution is 6.52. The van der Waals surface area contributed by atoms with E-state index in [0.29, 0.717) is 24.2 Å². The zero-order valence-electron chi connectivity index (χ0n) is 10.3. The summed E-state index contributed by atoms with van der Waals surface area (Å²) in [4.78, 5) is 26.4. The third-order valence-electron chi connectivity index (χ3n) is 3.09. The van der Waals surface area contributed by atoms with Crippen LogP contribution in [0.1, 0.15) is 16.8 Å². The Labute approximate surface area is 105 Å². The minimum absolute atomic E-state index is 0.432. The summed E-state index contributed by atoms with van der Waals surface area (Å²) < 4.78 is 0. The van der Waals surface area contributed by atoms with Crippen LogP contribution in [0.3, 0.4) is 0 Å². The second kappa shape index (κ2) is 4.49. The second-order valence-electron chi connectivity index (χ2n) is 4.22. The molecule has 1 amide bonds. The van der Waals surface area contributed by atoms with Crippen molar-refractivity contribution in [1.29, 1.82) is 5.26 Å². The molecule has 1 heterocycles. The molecule has 1 aliphatic rings. The molecule has 1 aromatic carbocycles. The molecule has 0 atom stereocenters. The number of nitrogens with zero attached hydrogens (tertiary/aromatic N) is 3. The van der Waals surface area contributed by atoms with Gasteiger partial charge in [0.1, 0.15) is 0 Å². The maximum Gasteiger partial charge on any atom is 0.299 e. The van der Waals surface area contributed by atoms with E-state index in [1.165, 1.54) is 4.90 Å². The lowest BCUT2D eigenvalue weighted by molar-refractivity contribution is -0.114. The van der Waals surface area contributed by atoms with Crippen LogP contribution in [0.2, 0.25) is 0 Å². The van der Waals surface area contributed by atoms with Crippen molar-refractivity contribution in [3.8, 4) is 6.07 Å². The average Bonchev–Trinajstić information content (AvgIpc) is 2.61. The van der Waals surface area contributed by atoms with Crippen LogP contribution in [0.5, 0.6) is 0 Å². The smallest absolute Gasteiger partial charge is 0.299 e. The number of likely N-dealkylation sites (N-methyl/N-ethyl adjacent to an activating group) is 1. The highest BCUT2D eigenvalue weighted by Gasteiger charge is 2.33. The van der Waals surface area contributed by atoms with E-state index >= 15 is 0 Å². The fraction of sp³-hybridized carbons (Fsp3) is 0.308. The van der Waals surface area contributed by atoms with Crippen LogP contribution in [0.4, 0.5) is 11.4 Å². The van der Waals surface area contributed by atoms with Crippen LogP contribution in [0, 0.1) is 11.3 Å². The summed E-state index contributed by atoms with van der Waals surface area (Å²) in [5.41, 5.74) is 1.96. The number of fused-ring (bicyclic) bond motifs is 1. The topological polar surface area (TPSA) is 64.4 Å². The van der Waals surface area contributed by atoms with Crippen molar-refractivity contribution in [2.75, 3.05) is 30.4 Å². The van der Waals surface area contributed by atoms with Gasteiger partial charge >= 0.3 is 0 Å². The predicted molar refractivity (Wildman–Crippen MR) is 67.7 cm³/mol. The second-order valence-corrected chi connectivity index (χ2v) is 4.22. The SMILES string of the molecule is CN(CCC#N)c1ccc2c(c1)N(C)C(=O)C2=O. The number of nitriles is 1. The summed E-state index contributed by atoms with van der Waals surface area (Å²) in [5.74, 6) is -0.958. The molecule has 0 saturated carbocycles. The van der Waals surface area contributed by atoms with E-state index in [4.69, 9.17) is 5.26 Å². The number of hydrogen-bond acceptors (Lipinski definition) is 4. The van der Waals surface area contributed by atoms with Gasteiger partial charge in [-0.05, 0) is 18.2 Å². The molecule has 0 aliphatic carbocycles. The molecule has 18 heavy (non-hydrogen) atoms. The summed E-state index contributed by atoms with van der Waals surface area (Å²) in [6.07, 6.45) is 0.432. The van der Waals surface area contributed by atoms with Gasteiger partial charge in [0, 0.05) is 26.3 Å². The van der Waals surface area contributed by atoms with Gasteiger partial charge < -0.3 is 9.80 Å². The largest absolute Gasteiger partial charge is 0.374 e. The number of benzene rings is 1. The number of carbonyl (C=O) groups is 2. The minimum Gasteiger partial charge on any atom is -0.374 e. The maximum atomic E-state index is 11.6. The Balaban J connectivity index is 2.32. The lowest BCUT2D eigenvalue weighted by Gasteiger charge is -2.19. The Morgan fingerprint density at radius 1 is 1.39 bits per heavy atom. The normalized spacial score (nSPS) is 13.5. The Hall–Kier alpha value is -2.35. The van der Waals surface area contributed by atoms with Crippen LogP contribution >= 0.6 is 0 Å². The van der Waals surface area contributed by atoms with Gasteiger partial charge in [-0.15, -0.1) is 0 Å². The molecular weight excluding hydrogens is 230 g/mol. The number of carbonyl (C=O) groups excluding carboxylic acids is 2. The van der Waals surface area contributed by atoms with Gasteiger partial charge in [0.2, 0.25) is 0 Å². The van der Waals surface area contributed by atoms with Gasteiger partial charge in [0.05, 0.1) is 23.7 Å². The Bertz CT molecular complexity index is 560. The van der Waals surface area contributed by atoms with Crippen LogP contribution in [0.15, 0.2) is 18.2 Å². The Kier molecular flexibility index (Phi) is 3.02. The highest BCUT2D eigenvalue weighted by atomic mass is 16.2. The van der Waals surface area contributed by atoms with Gasteiger partial charge in [-0.3, -0.25) is 9.59 Å². The van der Waals surface area contributed by atoms with Crippen molar-refractivity contribution in [2.24, 2.45) is 0 Å². The Morgan fingerprint density at radius 3 is 2.78 bits per heavy atom. The zero-order chi connectivity index (χ0) is 13.3. The van der Waals surface area contributed by atoms with Gasteiger partial charge in [-0.2, -0.15) is 5.26 Å². The van der Waals surface area contributed by atoms with E-state index in [-0.39, 0.29) is 0 Å². The van der Waals surface area contributed by atoms with E-state index in [2.05, 4.69) is 6.07 Å². The monoisotopic (exact) mass is 243 g/mol. The standard InChI is InChI=1S/C13H13N3O2/c1-15(7-3-6-14)9-4-5-10-11(8-9)16(2)13(18)12(10)17/h4-5,8H,3,7H2,1-2H3. The van der Waals surface area contributed by atoms with E-state index in [0.717, 1.165) is 5.69 Å². The molecule has 1 aromatic rings. The predicted octanol–water partition coefficient (Wildman–Crippen LogP) is 1.20. The molecule has 5 heteroatoms. The first-order valence-electron chi connectivity index (χ1n) is 5.60. The molecule has 0 bridgehead atoms. The van der Waals surface area contributed by atoms with E-state index < -0.39 is 11.7 Å². The number of Topliss-reactive ketones (excluding diaryl/α,β-unsaturated/α-hetero) is 1. The van der Waals surface area contributed by atoms with Crippen LogP contribution in [-0.4, -0.2) is 32.3 Å². The first-order valence-corrected chi connectivity index (χ1v) is 5.60. The number of rotatable bonds is 3. The molecule has 0 aromatic heterocycles. The molecule has 2 rings (SSSR count). The first-order chi connectivity index (χ1) is 8.56. The molecule has 0 unspecified atom stereocenters. The zero-order valence-corrected chi connectivity index (χ0v) is 10.3. The summed E-state index contributed by atoms with van der Waals surface area (Å²) in [6.45, 7) is 0.612. The lowest BCUT2D eigenvalue weighted by Crippen LogP contribution is -2.25. The maximum absolute atomic E-state index is 11.6. The summed E-state index contributed by atoms with van der Waals surface area (Å²) in [7, 11) is 3.46. The number of ketones is 1. The van der Waals surface area contributed by atoms with Crippen molar-refractivity contribution < 1.29 is 9.59 Å². The molecule has 0 N–H and O–H groups in total. The van der Waals surface area contributed by atoms with E-state index in [1.54, 1.807) is 25.2 Å². The summed E-state index contributed by atoms with van der Waals surface area (Å²) in [5, 5.41) is 8.55. The number of hydrogen-bond donors (Lipinski definition) is 0. The molecular formula is C13H13N3O2. The van der Waals surface area contributed by atoms with E-state index in [9.17, 15) is 9.59 Å². The number of anilines is 2. The highest BCUT2D eigenvalue weighted by Crippen LogP contribution is 2.31. The van der Waals surface area contributed by atoms with Gasteiger partial charge in [-0.1, -0.05) is 0 Å². The van der Waals surface area contributed by atoms with Crippen LogP contribution in [-0.2, 0) is 4.79 Å². The summed E-state index contributed by atoms with van der Waals surface area (Å²) in [6, 6.07) is 7.34.